The van der Waals surface area contributed by atoms with E-state index in [0.29, 0.717) is 5.82 Å². The topological polar surface area (TPSA) is 78.5 Å². The number of nitrogens with zero attached hydrogens (tertiary/aromatic N) is 4. The minimum atomic E-state index is 0.223. The van der Waals surface area contributed by atoms with Gasteiger partial charge in [0.2, 0.25) is 0 Å². The Bertz CT molecular complexity index is 390. The second-order valence-electron chi connectivity index (χ2n) is 4.47. The van der Waals surface area contributed by atoms with E-state index in [1.165, 1.54) is 6.33 Å². The third kappa shape index (κ3) is 2.70. The van der Waals surface area contributed by atoms with Crippen LogP contribution in [0.1, 0.15) is 12.5 Å². The minimum Gasteiger partial charge on any atom is -0.395 e. The van der Waals surface area contributed by atoms with Crippen molar-refractivity contribution in [1.29, 1.82) is 0 Å². The number of piperazine rings is 1. The van der Waals surface area contributed by atoms with E-state index in [4.69, 9.17) is 10.8 Å². The molecule has 1 aromatic rings. The number of hydrogen-bond donors (Lipinski definition) is 2. The molecule has 1 saturated heterocycles. The Labute approximate surface area is 107 Å². The van der Waals surface area contributed by atoms with Crippen molar-refractivity contribution in [2.24, 2.45) is 0 Å². The van der Waals surface area contributed by atoms with Gasteiger partial charge in [0, 0.05) is 38.3 Å². The molecule has 100 valence electrons. The third-order valence-electron chi connectivity index (χ3n) is 3.40. The second-order valence-corrected chi connectivity index (χ2v) is 4.47. The van der Waals surface area contributed by atoms with Gasteiger partial charge in [-0.25, -0.2) is 9.97 Å². The van der Waals surface area contributed by atoms with E-state index in [9.17, 15) is 0 Å². The lowest BCUT2D eigenvalue weighted by atomic mass is 10.2. The normalized spacial score (nSPS) is 17.1. The molecule has 0 amide bonds. The van der Waals surface area contributed by atoms with Crippen molar-refractivity contribution in [2.45, 2.75) is 13.3 Å². The van der Waals surface area contributed by atoms with E-state index in [1.54, 1.807) is 0 Å². The third-order valence-corrected chi connectivity index (χ3v) is 3.40. The number of anilines is 2. The molecule has 0 spiro atoms. The first-order valence-corrected chi connectivity index (χ1v) is 6.43. The predicted molar refractivity (Wildman–Crippen MR) is 71.6 cm³/mol. The van der Waals surface area contributed by atoms with Crippen molar-refractivity contribution in [3.05, 3.63) is 11.9 Å². The summed E-state index contributed by atoms with van der Waals surface area (Å²) in [6.45, 7) is 6.79. The van der Waals surface area contributed by atoms with Crippen molar-refractivity contribution < 1.29 is 5.11 Å². The molecule has 3 N–H and O–H groups in total. The maximum Gasteiger partial charge on any atom is 0.137 e. The van der Waals surface area contributed by atoms with Crippen LogP contribution in [-0.4, -0.2) is 59.3 Å². The van der Waals surface area contributed by atoms with Gasteiger partial charge < -0.3 is 15.7 Å². The molecule has 2 rings (SSSR count). The largest absolute Gasteiger partial charge is 0.395 e. The second kappa shape index (κ2) is 5.97. The van der Waals surface area contributed by atoms with Gasteiger partial charge in [0.05, 0.1) is 6.61 Å². The standard InChI is InChI=1S/C12H21N5O/c1-2-10-11(13)14-9-15-12(10)17-5-3-16(4-6-17)7-8-18/h9,18H,2-8H2,1H3,(H2,13,14,15). The summed E-state index contributed by atoms with van der Waals surface area (Å²) in [5, 5.41) is 8.93. The molecule has 0 bridgehead atoms. The van der Waals surface area contributed by atoms with Crippen LogP contribution in [0.3, 0.4) is 0 Å². The smallest absolute Gasteiger partial charge is 0.137 e. The fourth-order valence-corrected chi connectivity index (χ4v) is 2.35. The zero-order valence-electron chi connectivity index (χ0n) is 10.8. The van der Waals surface area contributed by atoms with Crippen molar-refractivity contribution in [2.75, 3.05) is 50.0 Å². The monoisotopic (exact) mass is 251 g/mol. The van der Waals surface area contributed by atoms with Gasteiger partial charge in [-0.2, -0.15) is 0 Å². The predicted octanol–water partition coefficient (Wildman–Crippen LogP) is -0.264. The molecule has 1 aromatic heterocycles. The van der Waals surface area contributed by atoms with E-state index >= 15 is 0 Å². The van der Waals surface area contributed by atoms with Gasteiger partial charge >= 0.3 is 0 Å². The molecule has 0 aliphatic carbocycles. The highest BCUT2D eigenvalue weighted by Crippen LogP contribution is 2.22. The summed E-state index contributed by atoms with van der Waals surface area (Å²) in [6, 6.07) is 0. The number of aliphatic hydroxyl groups excluding tert-OH is 1. The Morgan fingerprint density at radius 1 is 1.28 bits per heavy atom. The molecule has 6 heteroatoms. The SMILES string of the molecule is CCc1c(N)ncnc1N1CCN(CCO)CC1. The number of β-amino-alcohol motifs (C(OH)–C–C–N with tert-alkyl or cyclic N) is 1. The summed E-state index contributed by atoms with van der Waals surface area (Å²) in [6.07, 6.45) is 2.38. The quantitative estimate of drug-likeness (QED) is 0.767. The van der Waals surface area contributed by atoms with Crippen molar-refractivity contribution in [1.82, 2.24) is 14.9 Å². The summed E-state index contributed by atoms with van der Waals surface area (Å²) < 4.78 is 0. The molecular weight excluding hydrogens is 230 g/mol. The van der Waals surface area contributed by atoms with Crippen LogP contribution in [0.15, 0.2) is 6.33 Å². The molecule has 0 radical (unpaired) electrons. The highest BCUT2D eigenvalue weighted by molar-refractivity contribution is 5.56. The van der Waals surface area contributed by atoms with Crippen molar-refractivity contribution in [3.8, 4) is 0 Å². The van der Waals surface area contributed by atoms with Crippen LogP contribution in [-0.2, 0) is 6.42 Å². The van der Waals surface area contributed by atoms with Crippen molar-refractivity contribution in [3.63, 3.8) is 0 Å². The summed E-state index contributed by atoms with van der Waals surface area (Å²) in [5.74, 6) is 1.55. The Kier molecular flexibility index (Phi) is 4.33. The van der Waals surface area contributed by atoms with E-state index in [0.717, 1.165) is 50.5 Å². The van der Waals surface area contributed by atoms with E-state index in [1.807, 2.05) is 0 Å². The lowest BCUT2D eigenvalue weighted by Gasteiger charge is -2.35. The molecular formula is C12H21N5O. The fourth-order valence-electron chi connectivity index (χ4n) is 2.35. The van der Waals surface area contributed by atoms with Gasteiger partial charge in [0.15, 0.2) is 0 Å². The summed E-state index contributed by atoms with van der Waals surface area (Å²) in [4.78, 5) is 12.9. The first kappa shape index (κ1) is 13.0. The fraction of sp³-hybridized carbons (Fsp3) is 0.667. The van der Waals surface area contributed by atoms with E-state index in [2.05, 4.69) is 26.7 Å². The number of rotatable bonds is 4. The molecule has 18 heavy (non-hydrogen) atoms. The molecule has 1 aliphatic heterocycles. The van der Waals surface area contributed by atoms with E-state index < -0.39 is 0 Å². The first-order chi connectivity index (χ1) is 8.76. The zero-order chi connectivity index (χ0) is 13.0. The molecule has 6 nitrogen and oxygen atoms in total. The molecule has 0 aromatic carbocycles. The Balaban J connectivity index is 2.07. The lowest BCUT2D eigenvalue weighted by molar-refractivity contribution is 0.188. The summed E-state index contributed by atoms with van der Waals surface area (Å²) in [5.41, 5.74) is 6.93. The van der Waals surface area contributed by atoms with Gasteiger partial charge in [-0.15, -0.1) is 0 Å². The van der Waals surface area contributed by atoms with Crippen LogP contribution in [0, 0.1) is 0 Å². The van der Waals surface area contributed by atoms with Crippen molar-refractivity contribution >= 4 is 11.6 Å². The molecule has 0 atom stereocenters. The number of nitrogens with two attached hydrogens (primary N) is 1. The van der Waals surface area contributed by atoms with Gasteiger partial charge in [-0.3, -0.25) is 4.90 Å². The highest BCUT2D eigenvalue weighted by Gasteiger charge is 2.20. The highest BCUT2D eigenvalue weighted by atomic mass is 16.3. The molecule has 1 fully saturated rings. The number of hydrogen-bond acceptors (Lipinski definition) is 6. The number of nitrogen functional groups attached to an aromatic ring is 1. The summed E-state index contributed by atoms with van der Waals surface area (Å²) in [7, 11) is 0. The average Bonchev–Trinajstić information content (AvgIpc) is 2.40. The average molecular weight is 251 g/mol. The minimum absolute atomic E-state index is 0.223. The summed E-state index contributed by atoms with van der Waals surface area (Å²) >= 11 is 0. The van der Waals surface area contributed by atoms with Gasteiger partial charge in [-0.05, 0) is 6.42 Å². The zero-order valence-corrected chi connectivity index (χ0v) is 10.8. The van der Waals surface area contributed by atoms with Crippen LogP contribution < -0.4 is 10.6 Å². The van der Waals surface area contributed by atoms with Crippen LogP contribution in [0.25, 0.3) is 0 Å². The van der Waals surface area contributed by atoms with Crippen LogP contribution in [0.2, 0.25) is 0 Å². The Morgan fingerprint density at radius 3 is 2.61 bits per heavy atom. The van der Waals surface area contributed by atoms with E-state index in [-0.39, 0.29) is 6.61 Å². The lowest BCUT2D eigenvalue weighted by Crippen LogP contribution is -2.47. The van der Waals surface area contributed by atoms with Crippen LogP contribution >= 0.6 is 0 Å². The van der Waals surface area contributed by atoms with Gasteiger partial charge in [0.1, 0.15) is 18.0 Å². The Morgan fingerprint density at radius 2 is 2.00 bits per heavy atom. The number of aliphatic hydroxyl groups is 1. The molecule has 2 heterocycles. The van der Waals surface area contributed by atoms with Gasteiger partial charge in [0.25, 0.3) is 0 Å². The van der Waals surface area contributed by atoms with Gasteiger partial charge in [-0.1, -0.05) is 6.92 Å². The number of aromatic nitrogens is 2. The molecule has 0 saturated carbocycles. The maximum absolute atomic E-state index is 8.93. The Hall–Kier alpha value is -1.40. The first-order valence-electron chi connectivity index (χ1n) is 6.43. The molecule has 1 aliphatic rings. The maximum atomic E-state index is 8.93. The molecule has 0 unspecified atom stereocenters. The van der Waals surface area contributed by atoms with Crippen LogP contribution in [0.5, 0.6) is 0 Å². The van der Waals surface area contributed by atoms with Crippen LogP contribution in [0.4, 0.5) is 11.6 Å².